The van der Waals surface area contributed by atoms with Crippen molar-refractivity contribution < 1.29 is 4.79 Å². The van der Waals surface area contributed by atoms with Crippen molar-refractivity contribution in [1.82, 2.24) is 20.1 Å². The Hall–Kier alpha value is -2.37. The maximum absolute atomic E-state index is 12.3. The summed E-state index contributed by atoms with van der Waals surface area (Å²) in [6.45, 7) is 3.89. The average Bonchev–Trinajstić information content (AvgIpc) is 2.77. The first-order valence-corrected chi connectivity index (χ1v) is 6.83. The van der Waals surface area contributed by atoms with Gasteiger partial charge in [0.2, 0.25) is 0 Å². The van der Waals surface area contributed by atoms with E-state index in [4.69, 9.17) is 0 Å². The highest BCUT2D eigenvalue weighted by atomic mass is 16.1. The van der Waals surface area contributed by atoms with Crippen LogP contribution in [0.4, 0.5) is 5.82 Å². The van der Waals surface area contributed by atoms with Crippen LogP contribution >= 0.6 is 0 Å². The Kier molecular flexibility index (Phi) is 4.26. The zero-order chi connectivity index (χ0) is 15.6. The molecule has 0 saturated heterocycles. The SMILES string of the molecule is Cc1nn(C)cc1[C@@H](C)NC(=O)c1ccnc(N(C)C)c1. The van der Waals surface area contributed by atoms with Gasteiger partial charge in [0.15, 0.2) is 0 Å². The third-order valence-electron chi connectivity index (χ3n) is 3.33. The Balaban J connectivity index is 2.14. The molecule has 0 bridgehead atoms. The number of anilines is 1. The number of carbonyl (C=O) groups is 1. The minimum absolute atomic E-state index is 0.0952. The number of hydrogen-bond acceptors (Lipinski definition) is 4. The van der Waals surface area contributed by atoms with E-state index in [1.165, 1.54) is 0 Å². The van der Waals surface area contributed by atoms with E-state index in [0.29, 0.717) is 5.56 Å². The first-order chi connectivity index (χ1) is 9.88. The van der Waals surface area contributed by atoms with Crippen LogP contribution < -0.4 is 10.2 Å². The van der Waals surface area contributed by atoms with E-state index >= 15 is 0 Å². The van der Waals surface area contributed by atoms with Crippen molar-refractivity contribution in [3.63, 3.8) is 0 Å². The van der Waals surface area contributed by atoms with Gasteiger partial charge in [0.1, 0.15) is 5.82 Å². The van der Waals surface area contributed by atoms with E-state index in [1.54, 1.807) is 23.0 Å². The van der Waals surface area contributed by atoms with Crippen LogP contribution in [-0.2, 0) is 7.05 Å². The number of aryl methyl sites for hydroxylation is 2. The summed E-state index contributed by atoms with van der Waals surface area (Å²) in [5.41, 5.74) is 2.55. The fourth-order valence-corrected chi connectivity index (χ4v) is 2.20. The molecule has 0 aliphatic carbocycles. The molecule has 0 radical (unpaired) electrons. The monoisotopic (exact) mass is 287 g/mol. The van der Waals surface area contributed by atoms with Gasteiger partial charge in [-0.2, -0.15) is 5.10 Å². The van der Waals surface area contributed by atoms with Gasteiger partial charge in [-0.15, -0.1) is 0 Å². The van der Waals surface area contributed by atoms with Crippen molar-refractivity contribution in [2.24, 2.45) is 7.05 Å². The van der Waals surface area contributed by atoms with Gasteiger partial charge in [0, 0.05) is 44.7 Å². The predicted molar refractivity (Wildman–Crippen MR) is 82.4 cm³/mol. The number of pyridine rings is 1. The third-order valence-corrected chi connectivity index (χ3v) is 3.33. The summed E-state index contributed by atoms with van der Waals surface area (Å²) in [5.74, 6) is 0.643. The van der Waals surface area contributed by atoms with Gasteiger partial charge in [-0.05, 0) is 26.0 Å². The molecule has 1 N–H and O–H groups in total. The van der Waals surface area contributed by atoms with Crippen molar-refractivity contribution in [3.8, 4) is 0 Å². The number of aromatic nitrogens is 3. The van der Waals surface area contributed by atoms with E-state index in [9.17, 15) is 4.79 Å². The molecule has 2 heterocycles. The number of nitrogens with one attached hydrogen (secondary N) is 1. The van der Waals surface area contributed by atoms with Crippen LogP contribution in [0.2, 0.25) is 0 Å². The molecule has 0 fully saturated rings. The molecule has 6 nitrogen and oxygen atoms in total. The molecule has 0 aromatic carbocycles. The van der Waals surface area contributed by atoms with Crippen molar-refractivity contribution in [1.29, 1.82) is 0 Å². The van der Waals surface area contributed by atoms with Crippen molar-refractivity contribution >= 4 is 11.7 Å². The van der Waals surface area contributed by atoms with Gasteiger partial charge in [-0.3, -0.25) is 9.48 Å². The van der Waals surface area contributed by atoms with Crippen LogP contribution in [0, 0.1) is 6.92 Å². The highest BCUT2D eigenvalue weighted by molar-refractivity contribution is 5.95. The molecule has 0 spiro atoms. The van der Waals surface area contributed by atoms with Crippen LogP contribution in [0.5, 0.6) is 0 Å². The number of nitrogens with zero attached hydrogens (tertiary/aromatic N) is 4. The molecule has 2 rings (SSSR count). The highest BCUT2D eigenvalue weighted by Gasteiger charge is 2.16. The zero-order valence-corrected chi connectivity index (χ0v) is 13.1. The van der Waals surface area contributed by atoms with Crippen LogP contribution in [0.3, 0.4) is 0 Å². The topological polar surface area (TPSA) is 63.1 Å². The molecule has 0 aliphatic rings. The van der Waals surface area contributed by atoms with Crippen molar-refractivity contribution in [2.75, 3.05) is 19.0 Å². The van der Waals surface area contributed by atoms with Crippen LogP contribution in [0.1, 0.15) is 34.6 Å². The van der Waals surface area contributed by atoms with E-state index < -0.39 is 0 Å². The number of carbonyl (C=O) groups excluding carboxylic acids is 1. The number of hydrogen-bond donors (Lipinski definition) is 1. The Morgan fingerprint density at radius 3 is 2.71 bits per heavy atom. The lowest BCUT2D eigenvalue weighted by atomic mass is 10.1. The minimum Gasteiger partial charge on any atom is -0.363 e. The molecular weight excluding hydrogens is 266 g/mol. The Bertz CT molecular complexity index is 647. The fraction of sp³-hybridized carbons (Fsp3) is 0.400. The first-order valence-electron chi connectivity index (χ1n) is 6.83. The lowest BCUT2D eigenvalue weighted by Gasteiger charge is -2.15. The summed E-state index contributed by atoms with van der Waals surface area (Å²) in [6.07, 6.45) is 3.57. The third kappa shape index (κ3) is 3.39. The van der Waals surface area contributed by atoms with Gasteiger partial charge >= 0.3 is 0 Å². The van der Waals surface area contributed by atoms with E-state index in [2.05, 4.69) is 15.4 Å². The Labute approximate surface area is 124 Å². The molecular formula is C15H21N5O. The predicted octanol–water partition coefficient (Wildman–Crippen LogP) is 1.68. The van der Waals surface area contributed by atoms with Gasteiger partial charge in [0.05, 0.1) is 11.7 Å². The maximum Gasteiger partial charge on any atom is 0.251 e. The molecule has 0 aliphatic heterocycles. The Morgan fingerprint density at radius 2 is 2.14 bits per heavy atom. The second kappa shape index (κ2) is 5.95. The molecule has 0 saturated carbocycles. The van der Waals surface area contributed by atoms with E-state index in [0.717, 1.165) is 17.1 Å². The van der Waals surface area contributed by atoms with Gasteiger partial charge in [-0.1, -0.05) is 0 Å². The second-order valence-electron chi connectivity index (χ2n) is 5.34. The zero-order valence-electron chi connectivity index (χ0n) is 13.1. The summed E-state index contributed by atoms with van der Waals surface area (Å²) < 4.78 is 1.75. The average molecular weight is 287 g/mol. The molecule has 1 atom stereocenters. The smallest absolute Gasteiger partial charge is 0.251 e. The summed E-state index contributed by atoms with van der Waals surface area (Å²) >= 11 is 0. The molecule has 2 aromatic rings. The minimum atomic E-state index is -0.115. The van der Waals surface area contributed by atoms with Gasteiger partial charge in [0.25, 0.3) is 5.91 Å². The number of rotatable bonds is 4. The molecule has 6 heteroatoms. The molecule has 0 unspecified atom stereocenters. The second-order valence-corrected chi connectivity index (χ2v) is 5.34. The quantitative estimate of drug-likeness (QED) is 0.929. The first kappa shape index (κ1) is 15.0. The fourth-order valence-electron chi connectivity index (χ4n) is 2.20. The molecule has 112 valence electrons. The normalized spacial score (nSPS) is 12.0. The van der Waals surface area contributed by atoms with Crippen molar-refractivity contribution in [2.45, 2.75) is 19.9 Å². The number of amides is 1. The lowest BCUT2D eigenvalue weighted by molar-refractivity contribution is 0.0939. The summed E-state index contributed by atoms with van der Waals surface area (Å²) in [5, 5.41) is 7.29. The molecule has 2 aromatic heterocycles. The van der Waals surface area contributed by atoms with E-state index in [-0.39, 0.29) is 11.9 Å². The van der Waals surface area contributed by atoms with Crippen LogP contribution in [0.15, 0.2) is 24.5 Å². The van der Waals surface area contributed by atoms with Gasteiger partial charge in [-0.25, -0.2) is 4.98 Å². The van der Waals surface area contributed by atoms with Gasteiger partial charge < -0.3 is 10.2 Å². The van der Waals surface area contributed by atoms with Crippen molar-refractivity contribution in [3.05, 3.63) is 41.3 Å². The molecule has 21 heavy (non-hydrogen) atoms. The van der Waals surface area contributed by atoms with Crippen LogP contribution in [-0.4, -0.2) is 34.8 Å². The summed E-state index contributed by atoms with van der Waals surface area (Å²) in [4.78, 5) is 18.4. The largest absolute Gasteiger partial charge is 0.363 e. The Morgan fingerprint density at radius 1 is 1.43 bits per heavy atom. The lowest BCUT2D eigenvalue weighted by Crippen LogP contribution is -2.27. The summed E-state index contributed by atoms with van der Waals surface area (Å²) in [6, 6.07) is 3.39. The standard InChI is InChI=1S/C15H21N5O/c1-10(13-9-20(5)18-11(13)2)17-15(21)12-6-7-16-14(8-12)19(3)4/h6-10H,1-5H3,(H,17,21)/t10-/m1/s1. The highest BCUT2D eigenvalue weighted by Crippen LogP contribution is 2.17. The van der Waals surface area contributed by atoms with Crippen LogP contribution in [0.25, 0.3) is 0 Å². The molecule has 1 amide bonds. The maximum atomic E-state index is 12.3. The van der Waals surface area contributed by atoms with E-state index in [1.807, 2.05) is 46.1 Å². The summed E-state index contributed by atoms with van der Waals surface area (Å²) in [7, 11) is 5.66.